The molecule has 0 saturated heterocycles. The van der Waals surface area contributed by atoms with Crippen LogP contribution in [0, 0.1) is 13.8 Å². The van der Waals surface area contributed by atoms with Crippen LogP contribution < -0.4 is 10.5 Å². The van der Waals surface area contributed by atoms with E-state index in [4.69, 9.17) is 10.5 Å². The Morgan fingerprint density at radius 2 is 1.88 bits per heavy atom. The van der Waals surface area contributed by atoms with Gasteiger partial charge in [0.05, 0.1) is 5.69 Å². The van der Waals surface area contributed by atoms with E-state index in [0.717, 1.165) is 11.3 Å². The number of rotatable bonds is 2. The lowest BCUT2D eigenvalue weighted by molar-refractivity contribution is 0.451. The second-order valence-corrected chi connectivity index (χ2v) is 3.59. The van der Waals surface area contributed by atoms with E-state index in [1.165, 1.54) is 0 Å². The highest BCUT2D eigenvalue weighted by atomic mass is 16.5. The summed E-state index contributed by atoms with van der Waals surface area (Å²) in [5.74, 6) is 1.18. The highest BCUT2D eigenvalue weighted by Gasteiger charge is 2.04. The Kier molecular flexibility index (Phi) is 2.72. The fourth-order valence-corrected chi connectivity index (χ4v) is 1.30. The van der Waals surface area contributed by atoms with Gasteiger partial charge in [0.25, 0.3) is 0 Å². The first-order valence-electron chi connectivity index (χ1n) is 5.00. The number of ether oxygens (including phenoxy) is 1. The van der Waals surface area contributed by atoms with Gasteiger partial charge < -0.3 is 10.5 Å². The third-order valence-electron chi connectivity index (χ3n) is 2.31. The van der Waals surface area contributed by atoms with Crippen molar-refractivity contribution in [3.63, 3.8) is 0 Å². The van der Waals surface area contributed by atoms with Crippen LogP contribution in [0.25, 0.3) is 0 Å². The normalized spacial score (nSPS) is 10.1. The first-order valence-corrected chi connectivity index (χ1v) is 5.00. The zero-order valence-corrected chi connectivity index (χ0v) is 9.27. The molecule has 0 bridgehead atoms. The lowest BCUT2D eigenvalue weighted by atomic mass is 10.2. The van der Waals surface area contributed by atoms with E-state index in [0.29, 0.717) is 17.3 Å². The molecule has 0 aliphatic carbocycles. The average Bonchev–Trinajstić information content (AvgIpc) is 2.28. The topological polar surface area (TPSA) is 61.0 Å². The molecular weight excluding hydrogens is 202 g/mol. The molecule has 0 spiro atoms. The highest BCUT2D eigenvalue weighted by Crippen LogP contribution is 2.26. The molecule has 0 saturated carbocycles. The maximum absolute atomic E-state index is 5.78. The number of hydrogen-bond donors (Lipinski definition) is 1. The second kappa shape index (κ2) is 4.18. The van der Waals surface area contributed by atoms with Crippen molar-refractivity contribution >= 4 is 5.69 Å². The summed E-state index contributed by atoms with van der Waals surface area (Å²) in [7, 11) is 0. The Morgan fingerprint density at radius 1 is 1.06 bits per heavy atom. The van der Waals surface area contributed by atoms with Gasteiger partial charge in [-0.25, -0.2) is 0 Å². The summed E-state index contributed by atoms with van der Waals surface area (Å²) in [5.41, 5.74) is 8.25. The van der Waals surface area contributed by atoms with Crippen LogP contribution in [0.5, 0.6) is 11.6 Å². The molecule has 0 aliphatic rings. The van der Waals surface area contributed by atoms with Crippen molar-refractivity contribution in [2.24, 2.45) is 0 Å². The number of aryl methyl sites for hydroxylation is 1. The highest BCUT2D eigenvalue weighted by molar-refractivity contribution is 5.53. The van der Waals surface area contributed by atoms with E-state index >= 15 is 0 Å². The van der Waals surface area contributed by atoms with E-state index in [9.17, 15) is 0 Å². The van der Waals surface area contributed by atoms with Crippen LogP contribution in [0.2, 0.25) is 0 Å². The number of nitrogens with two attached hydrogens (primary N) is 1. The molecule has 2 rings (SSSR count). The molecule has 1 heterocycles. The van der Waals surface area contributed by atoms with Crippen molar-refractivity contribution in [2.45, 2.75) is 13.8 Å². The predicted molar refractivity (Wildman–Crippen MR) is 62.4 cm³/mol. The molecule has 2 N–H and O–H groups in total. The third kappa shape index (κ3) is 2.11. The molecule has 0 fully saturated rings. The maximum atomic E-state index is 5.78. The summed E-state index contributed by atoms with van der Waals surface area (Å²) >= 11 is 0. The Balaban J connectivity index is 2.27. The molecule has 0 radical (unpaired) electrons. The molecule has 4 heteroatoms. The van der Waals surface area contributed by atoms with E-state index in [-0.39, 0.29) is 0 Å². The molecule has 4 nitrogen and oxygen atoms in total. The largest absolute Gasteiger partial charge is 0.437 e. The Labute approximate surface area is 94.1 Å². The lowest BCUT2D eigenvalue weighted by Gasteiger charge is -2.08. The molecular formula is C12H13N3O. The molecule has 2 aromatic rings. The van der Waals surface area contributed by atoms with Gasteiger partial charge in [0.1, 0.15) is 5.75 Å². The zero-order valence-electron chi connectivity index (χ0n) is 9.27. The number of nitrogen functional groups attached to an aromatic ring is 1. The Hall–Kier alpha value is -2.10. The van der Waals surface area contributed by atoms with E-state index < -0.39 is 0 Å². The monoisotopic (exact) mass is 215 g/mol. The van der Waals surface area contributed by atoms with Crippen molar-refractivity contribution in [1.29, 1.82) is 0 Å². The molecule has 1 aromatic carbocycles. The molecule has 0 aliphatic heterocycles. The fraction of sp³-hybridized carbons (Fsp3) is 0.167. The predicted octanol–water partition coefficient (Wildman–Crippen LogP) is 2.47. The first-order chi connectivity index (χ1) is 7.66. The van der Waals surface area contributed by atoms with Crippen molar-refractivity contribution in [2.75, 3.05) is 5.73 Å². The fourth-order valence-electron chi connectivity index (χ4n) is 1.30. The summed E-state index contributed by atoms with van der Waals surface area (Å²) in [6.07, 6.45) is 0. The van der Waals surface area contributed by atoms with Gasteiger partial charge in [-0.15, -0.1) is 5.10 Å². The molecule has 0 atom stereocenters. The van der Waals surface area contributed by atoms with Gasteiger partial charge in [-0.3, -0.25) is 0 Å². The van der Waals surface area contributed by atoms with Crippen LogP contribution in [-0.4, -0.2) is 10.2 Å². The van der Waals surface area contributed by atoms with Crippen LogP contribution in [-0.2, 0) is 0 Å². The number of aromatic nitrogens is 2. The van der Waals surface area contributed by atoms with Crippen LogP contribution in [0.15, 0.2) is 30.3 Å². The van der Waals surface area contributed by atoms with Crippen molar-refractivity contribution in [1.82, 2.24) is 10.2 Å². The number of nitrogens with zero attached hydrogens (tertiary/aromatic N) is 2. The summed E-state index contributed by atoms with van der Waals surface area (Å²) in [5, 5.41) is 7.85. The standard InChI is InChI=1S/C12H13N3O/c1-8-6-7-12(15-14-8)16-11-5-3-4-10(13)9(11)2/h3-7H,13H2,1-2H3. The molecule has 16 heavy (non-hydrogen) atoms. The van der Waals surface area contributed by atoms with Crippen LogP contribution in [0.1, 0.15) is 11.3 Å². The zero-order chi connectivity index (χ0) is 11.5. The van der Waals surface area contributed by atoms with Gasteiger partial charge in [-0.1, -0.05) is 6.07 Å². The Morgan fingerprint density at radius 3 is 2.56 bits per heavy atom. The van der Waals surface area contributed by atoms with Gasteiger partial charge in [-0.05, 0) is 32.0 Å². The van der Waals surface area contributed by atoms with Crippen LogP contribution in [0.4, 0.5) is 5.69 Å². The van der Waals surface area contributed by atoms with E-state index in [2.05, 4.69) is 10.2 Å². The summed E-state index contributed by atoms with van der Waals surface area (Å²) in [6.45, 7) is 3.79. The number of benzene rings is 1. The SMILES string of the molecule is Cc1ccc(Oc2cccc(N)c2C)nn1. The average molecular weight is 215 g/mol. The first kappa shape index (κ1) is 10.4. The van der Waals surface area contributed by atoms with Gasteiger partial charge in [-0.2, -0.15) is 5.10 Å². The molecule has 0 amide bonds. The minimum atomic E-state index is 0.472. The number of hydrogen-bond acceptors (Lipinski definition) is 4. The van der Waals surface area contributed by atoms with Crippen LogP contribution >= 0.6 is 0 Å². The van der Waals surface area contributed by atoms with Crippen molar-refractivity contribution < 1.29 is 4.74 Å². The van der Waals surface area contributed by atoms with Gasteiger partial charge in [0, 0.05) is 17.3 Å². The smallest absolute Gasteiger partial charge is 0.238 e. The third-order valence-corrected chi connectivity index (χ3v) is 2.31. The quantitative estimate of drug-likeness (QED) is 0.782. The van der Waals surface area contributed by atoms with E-state index in [1.54, 1.807) is 6.07 Å². The summed E-state index contributed by atoms with van der Waals surface area (Å²) in [4.78, 5) is 0. The van der Waals surface area contributed by atoms with Crippen LogP contribution in [0.3, 0.4) is 0 Å². The minimum absolute atomic E-state index is 0.472. The van der Waals surface area contributed by atoms with Gasteiger partial charge in [0.2, 0.25) is 5.88 Å². The van der Waals surface area contributed by atoms with E-state index in [1.807, 2.05) is 38.1 Å². The molecule has 1 aromatic heterocycles. The summed E-state index contributed by atoms with van der Waals surface area (Å²) < 4.78 is 5.59. The van der Waals surface area contributed by atoms with Gasteiger partial charge >= 0.3 is 0 Å². The molecule has 82 valence electrons. The second-order valence-electron chi connectivity index (χ2n) is 3.59. The summed E-state index contributed by atoms with van der Waals surface area (Å²) in [6, 6.07) is 9.17. The Bertz CT molecular complexity index is 494. The van der Waals surface area contributed by atoms with Gasteiger partial charge in [0.15, 0.2) is 0 Å². The van der Waals surface area contributed by atoms with Crippen molar-refractivity contribution in [3.8, 4) is 11.6 Å². The van der Waals surface area contributed by atoms with Crippen molar-refractivity contribution in [3.05, 3.63) is 41.6 Å². The maximum Gasteiger partial charge on any atom is 0.238 e. The minimum Gasteiger partial charge on any atom is -0.437 e. The molecule has 0 unspecified atom stereocenters. The lowest BCUT2D eigenvalue weighted by Crippen LogP contribution is -1.95. The number of anilines is 1.